The molecule has 0 saturated carbocycles. The third kappa shape index (κ3) is 7.99. The van der Waals surface area contributed by atoms with Crippen molar-refractivity contribution in [1.29, 1.82) is 0 Å². The van der Waals surface area contributed by atoms with Crippen LogP contribution in [-0.2, 0) is 26.2 Å². The number of nitrogens with zero attached hydrogens (tertiary/aromatic N) is 2. The highest BCUT2D eigenvalue weighted by Crippen LogP contribution is 2.32. The van der Waals surface area contributed by atoms with E-state index < -0.39 is 28.5 Å². The molecule has 40 heavy (non-hydrogen) atoms. The van der Waals surface area contributed by atoms with Gasteiger partial charge in [0.25, 0.3) is 10.0 Å². The molecule has 0 radical (unpaired) electrons. The van der Waals surface area contributed by atoms with E-state index in [1.54, 1.807) is 80.6 Å². The second-order valence-corrected chi connectivity index (χ2v) is 11.5. The maximum Gasteiger partial charge on any atom is 0.264 e. The van der Waals surface area contributed by atoms with Gasteiger partial charge in [0, 0.05) is 18.1 Å². The lowest BCUT2D eigenvalue weighted by atomic mass is 10.1. The molecule has 0 aliphatic heterocycles. The molecular formula is C30H36ClN3O5S. The van der Waals surface area contributed by atoms with Crippen molar-refractivity contribution < 1.29 is 22.7 Å². The lowest BCUT2D eigenvalue weighted by Crippen LogP contribution is -2.51. The minimum atomic E-state index is -4.18. The van der Waals surface area contributed by atoms with E-state index in [4.69, 9.17) is 16.3 Å². The van der Waals surface area contributed by atoms with Crippen molar-refractivity contribution in [2.24, 2.45) is 0 Å². The number of sulfonamides is 1. The van der Waals surface area contributed by atoms with E-state index in [0.29, 0.717) is 23.9 Å². The normalized spacial score (nSPS) is 11.9. The second-order valence-electron chi connectivity index (χ2n) is 9.19. The molecular weight excluding hydrogens is 550 g/mol. The van der Waals surface area contributed by atoms with Gasteiger partial charge in [-0.1, -0.05) is 67.4 Å². The number of unbranched alkanes of at least 4 members (excludes halogenated alkanes) is 1. The molecule has 0 fully saturated rings. The number of carbonyl (C=O) groups excluding carboxylic acids is 2. The number of hydrogen-bond donors (Lipinski definition) is 1. The van der Waals surface area contributed by atoms with Crippen molar-refractivity contribution in [3.8, 4) is 5.75 Å². The van der Waals surface area contributed by atoms with E-state index >= 15 is 0 Å². The fourth-order valence-corrected chi connectivity index (χ4v) is 5.65. The van der Waals surface area contributed by atoms with Crippen molar-refractivity contribution >= 4 is 39.1 Å². The number of nitrogens with one attached hydrogen (secondary N) is 1. The standard InChI is InChI=1S/C30H36ClN3O5S/c1-4-6-20-32-30(36)23(3)33(21-24-16-18-25(31)19-17-24)29(35)22-34(27-14-10-11-15-28(27)39-5-2)40(37,38)26-12-8-7-9-13-26/h7-19,23H,4-6,20-22H2,1-3H3,(H,32,36)/t23-/m1/s1. The van der Waals surface area contributed by atoms with Crippen LogP contribution in [0.1, 0.15) is 39.2 Å². The zero-order valence-electron chi connectivity index (χ0n) is 23.0. The summed E-state index contributed by atoms with van der Waals surface area (Å²) in [5.41, 5.74) is 0.978. The van der Waals surface area contributed by atoms with Crippen LogP contribution in [0.15, 0.2) is 83.8 Å². The molecule has 0 aliphatic carbocycles. The predicted octanol–water partition coefficient (Wildman–Crippen LogP) is 5.27. The van der Waals surface area contributed by atoms with Gasteiger partial charge < -0.3 is 15.0 Å². The Morgan fingerprint density at radius 3 is 2.25 bits per heavy atom. The molecule has 0 spiro atoms. The van der Waals surface area contributed by atoms with Crippen LogP contribution in [0.2, 0.25) is 5.02 Å². The van der Waals surface area contributed by atoms with Crippen LogP contribution in [-0.4, -0.2) is 50.9 Å². The molecule has 0 saturated heterocycles. The largest absolute Gasteiger partial charge is 0.492 e. The molecule has 3 aromatic rings. The second kappa shape index (κ2) is 14.7. The number of halogens is 1. The fourth-order valence-electron chi connectivity index (χ4n) is 4.08. The Hall–Kier alpha value is -3.56. The number of anilines is 1. The van der Waals surface area contributed by atoms with Gasteiger partial charge in [-0.25, -0.2) is 8.42 Å². The van der Waals surface area contributed by atoms with Crippen LogP contribution in [0.25, 0.3) is 0 Å². The molecule has 2 amide bonds. The molecule has 0 aromatic heterocycles. The Morgan fingerprint density at radius 2 is 1.60 bits per heavy atom. The number of para-hydroxylation sites is 2. The molecule has 8 nitrogen and oxygen atoms in total. The number of amides is 2. The average molecular weight is 586 g/mol. The van der Waals surface area contributed by atoms with Crippen LogP contribution in [0.3, 0.4) is 0 Å². The highest BCUT2D eigenvalue weighted by Gasteiger charge is 2.33. The van der Waals surface area contributed by atoms with Crippen molar-refractivity contribution in [3.05, 3.63) is 89.4 Å². The zero-order chi connectivity index (χ0) is 29.1. The lowest BCUT2D eigenvalue weighted by Gasteiger charge is -2.32. The molecule has 1 atom stereocenters. The van der Waals surface area contributed by atoms with Gasteiger partial charge in [0.2, 0.25) is 11.8 Å². The van der Waals surface area contributed by atoms with Gasteiger partial charge in [0.1, 0.15) is 18.3 Å². The number of ether oxygens (including phenoxy) is 1. The first kappa shape index (κ1) is 31.0. The third-order valence-corrected chi connectivity index (χ3v) is 8.33. The Bertz CT molecular complexity index is 1370. The van der Waals surface area contributed by atoms with Crippen molar-refractivity contribution in [2.75, 3.05) is 24.0 Å². The predicted molar refractivity (Wildman–Crippen MR) is 158 cm³/mol. The SMILES string of the molecule is CCCCNC(=O)[C@@H](C)N(Cc1ccc(Cl)cc1)C(=O)CN(c1ccccc1OCC)S(=O)(=O)c1ccccc1. The van der Waals surface area contributed by atoms with E-state index in [1.165, 1.54) is 17.0 Å². The van der Waals surface area contributed by atoms with Crippen molar-refractivity contribution in [3.63, 3.8) is 0 Å². The molecule has 1 N–H and O–H groups in total. The van der Waals surface area contributed by atoms with Gasteiger partial charge >= 0.3 is 0 Å². The maximum atomic E-state index is 14.0. The van der Waals surface area contributed by atoms with Gasteiger partial charge in [-0.3, -0.25) is 13.9 Å². The van der Waals surface area contributed by atoms with Crippen LogP contribution in [0.4, 0.5) is 5.69 Å². The van der Waals surface area contributed by atoms with Crippen LogP contribution in [0, 0.1) is 0 Å². The number of carbonyl (C=O) groups is 2. The summed E-state index contributed by atoms with van der Waals surface area (Å²) in [6.45, 7) is 5.80. The first-order valence-corrected chi connectivity index (χ1v) is 15.1. The van der Waals surface area contributed by atoms with Gasteiger partial charge in [-0.15, -0.1) is 0 Å². The van der Waals surface area contributed by atoms with Crippen molar-refractivity contribution in [1.82, 2.24) is 10.2 Å². The summed E-state index contributed by atoms with van der Waals surface area (Å²) < 4.78 is 34.6. The van der Waals surface area contributed by atoms with E-state index in [-0.39, 0.29) is 23.0 Å². The summed E-state index contributed by atoms with van der Waals surface area (Å²) in [6, 6.07) is 20.7. The Labute approximate surface area is 241 Å². The van der Waals surface area contributed by atoms with Crippen LogP contribution < -0.4 is 14.4 Å². The van der Waals surface area contributed by atoms with Crippen molar-refractivity contribution in [2.45, 2.75) is 51.1 Å². The summed E-state index contributed by atoms with van der Waals surface area (Å²) in [5, 5.41) is 3.42. The molecule has 214 valence electrons. The summed E-state index contributed by atoms with van der Waals surface area (Å²) in [4.78, 5) is 28.5. The summed E-state index contributed by atoms with van der Waals surface area (Å²) >= 11 is 6.05. The van der Waals surface area contributed by atoms with E-state index in [2.05, 4.69) is 5.32 Å². The Balaban J connectivity index is 2.03. The van der Waals surface area contributed by atoms with E-state index in [0.717, 1.165) is 22.7 Å². The van der Waals surface area contributed by atoms with E-state index in [1.807, 2.05) is 6.92 Å². The third-order valence-electron chi connectivity index (χ3n) is 6.31. The summed E-state index contributed by atoms with van der Waals surface area (Å²) in [7, 11) is -4.18. The molecule has 0 unspecified atom stereocenters. The Morgan fingerprint density at radius 1 is 0.950 bits per heavy atom. The molecule has 3 rings (SSSR count). The van der Waals surface area contributed by atoms with Crippen LogP contribution >= 0.6 is 11.6 Å². The lowest BCUT2D eigenvalue weighted by molar-refractivity contribution is -0.139. The minimum absolute atomic E-state index is 0.0312. The highest BCUT2D eigenvalue weighted by molar-refractivity contribution is 7.92. The molecule has 3 aromatic carbocycles. The summed E-state index contributed by atoms with van der Waals surface area (Å²) in [5.74, 6) is -0.534. The Kier molecular flexibility index (Phi) is 11.4. The molecule has 0 aliphatic rings. The van der Waals surface area contributed by atoms with E-state index in [9.17, 15) is 18.0 Å². The smallest absolute Gasteiger partial charge is 0.264 e. The summed E-state index contributed by atoms with van der Waals surface area (Å²) in [6.07, 6.45) is 1.72. The first-order chi connectivity index (χ1) is 19.2. The highest BCUT2D eigenvalue weighted by atomic mass is 35.5. The minimum Gasteiger partial charge on any atom is -0.492 e. The van der Waals surface area contributed by atoms with Gasteiger partial charge in [0.15, 0.2) is 0 Å². The van der Waals surface area contributed by atoms with Gasteiger partial charge in [-0.2, -0.15) is 0 Å². The van der Waals surface area contributed by atoms with Crippen LogP contribution in [0.5, 0.6) is 5.75 Å². The topological polar surface area (TPSA) is 96.0 Å². The quantitative estimate of drug-likeness (QED) is 0.260. The fraction of sp³-hybridized carbons (Fsp3) is 0.333. The number of benzene rings is 3. The molecule has 0 heterocycles. The number of hydrogen-bond acceptors (Lipinski definition) is 5. The van der Waals surface area contributed by atoms with Gasteiger partial charge in [0.05, 0.1) is 17.2 Å². The first-order valence-electron chi connectivity index (χ1n) is 13.3. The molecule has 0 bridgehead atoms. The van der Waals surface area contributed by atoms with Gasteiger partial charge in [-0.05, 0) is 62.2 Å². The average Bonchev–Trinajstić information content (AvgIpc) is 2.96. The maximum absolute atomic E-state index is 14.0. The monoisotopic (exact) mass is 585 g/mol. The number of rotatable bonds is 14. The zero-order valence-corrected chi connectivity index (χ0v) is 24.6. The molecule has 10 heteroatoms.